The van der Waals surface area contributed by atoms with E-state index in [9.17, 15) is 14.4 Å². The summed E-state index contributed by atoms with van der Waals surface area (Å²) in [6, 6.07) is 6.59. The normalized spacial score (nSPS) is 21.2. The molecule has 1 aliphatic carbocycles. The van der Waals surface area contributed by atoms with Gasteiger partial charge in [0, 0.05) is 5.88 Å². The van der Waals surface area contributed by atoms with Crippen LogP contribution in [0.1, 0.15) is 81.0 Å². The summed E-state index contributed by atoms with van der Waals surface area (Å²) in [5.74, 6) is -1.45. The molecule has 8 heteroatoms. The number of esters is 2. The van der Waals surface area contributed by atoms with Crippen molar-refractivity contribution >= 4 is 41.1 Å². The fourth-order valence-corrected chi connectivity index (χ4v) is 4.70. The van der Waals surface area contributed by atoms with Crippen molar-refractivity contribution in [1.29, 1.82) is 0 Å². The molecular formula is C25H36Cl2O6. The average molecular weight is 503 g/mol. The molecular weight excluding hydrogens is 467 g/mol. The Morgan fingerprint density at radius 1 is 0.970 bits per heavy atom. The molecule has 6 nitrogen and oxygen atoms in total. The van der Waals surface area contributed by atoms with Gasteiger partial charge >= 0.3 is 17.9 Å². The third kappa shape index (κ3) is 7.10. The number of alkyl halides is 2. The zero-order valence-electron chi connectivity index (χ0n) is 20.2. The van der Waals surface area contributed by atoms with Crippen molar-refractivity contribution < 1.29 is 29.0 Å². The molecule has 0 aromatic heterocycles. The quantitative estimate of drug-likeness (QED) is 0.220. The van der Waals surface area contributed by atoms with Gasteiger partial charge in [-0.05, 0) is 43.2 Å². The Balaban J connectivity index is 0.000000361. The molecule has 1 aliphatic rings. The SMILES string of the molecule is CC1(C)C(C(Cl)CCl)C1(C)C(=O)O.CCCCOC(=O)c1ccccc1C(=O)OCCCC. The summed E-state index contributed by atoms with van der Waals surface area (Å²) in [4.78, 5) is 34.9. The maximum Gasteiger partial charge on any atom is 0.339 e. The van der Waals surface area contributed by atoms with E-state index < -0.39 is 23.3 Å². The van der Waals surface area contributed by atoms with Crippen LogP contribution in [0.4, 0.5) is 0 Å². The third-order valence-corrected chi connectivity index (χ3v) is 7.33. The molecule has 186 valence electrons. The number of hydrogen-bond acceptors (Lipinski definition) is 5. The summed E-state index contributed by atoms with van der Waals surface area (Å²) in [5.41, 5.74) is -0.427. The maximum atomic E-state index is 11.9. The van der Waals surface area contributed by atoms with Gasteiger partial charge in [-0.15, -0.1) is 23.2 Å². The summed E-state index contributed by atoms with van der Waals surface area (Å²) in [6.07, 6.45) is 3.53. The summed E-state index contributed by atoms with van der Waals surface area (Å²) >= 11 is 11.6. The van der Waals surface area contributed by atoms with E-state index in [2.05, 4.69) is 0 Å². The van der Waals surface area contributed by atoms with Crippen molar-refractivity contribution in [2.24, 2.45) is 16.7 Å². The van der Waals surface area contributed by atoms with E-state index in [4.69, 9.17) is 37.8 Å². The lowest BCUT2D eigenvalue weighted by molar-refractivity contribution is -0.144. The number of rotatable bonds is 11. The van der Waals surface area contributed by atoms with Gasteiger partial charge in [-0.1, -0.05) is 52.7 Å². The lowest BCUT2D eigenvalue weighted by atomic mass is 9.99. The van der Waals surface area contributed by atoms with Crippen LogP contribution >= 0.6 is 23.2 Å². The Morgan fingerprint density at radius 3 is 1.70 bits per heavy atom. The Bertz CT molecular complexity index is 769. The molecule has 0 amide bonds. The Kier molecular flexibility index (Phi) is 11.7. The van der Waals surface area contributed by atoms with Gasteiger partial charge in [0.2, 0.25) is 0 Å². The predicted molar refractivity (Wildman–Crippen MR) is 130 cm³/mol. The minimum Gasteiger partial charge on any atom is -0.481 e. The summed E-state index contributed by atoms with van der Waals surface area (Å²) < 4.78 is 10.3. The standard InChI is InChI=1S/C16H22O4.C9H14Cl2O2/c1-3-5-11-19-15(17)13-9-7-8-10-14(13)16(18)20-12-6-4-2;1-8(2)6(5(11)4-10)9(8,3)7(12)13/h7-10H,3-6,11-12H2,1-2H3;5-6H,4H2,1-3H3,(H,12,13). The average Bonchev–Trinajstić information content (AvgIpc) is 3.26. The summed E-state index contributed by atoms with van der Waals surface area (Å²) in [5, 5.41) is 8.81. The van der Waals surface area contributed by atoms with Gasteiger partial charge in [0.05, 0.1) is 35.1 Å². The number of carbonyl (C=O) groups excluding carboxylic acids is 2. The van der Waals surface area contributed by atoms with Crippen LogP contribution in [-0.2, 0) is 14.3 Å². The van der Waals surface area contributed by atoms with Gasteiger partial charge in [0.25, 0.3) is 0 Å². The molecule has 1 fully saturated rings. The number of ether oxygens (including phenoxy) is 2. The van der Waals surface area contributed by atoms with Crippen molar-refractivity contribution in [2.45, 2.75) is 65.7 Å². The van der Waals surface area contributed by atoms with Crippen molar-refractivity contribution in [2.75, 3.05) is 19.1 Å². The Labute approximate surface area is 206 Å². The van der Waals surface area contributed by atoms with Gasteiger partial charge in [0.15, 0.2) is 0 Å². The zero-order chi connectivity index (χ0) is 25.2. The van der Waals surface area contributed by atoms with E-state index in [1.54, 1.807) is 31.2 Å². The van der Waals surface area contributed by atoms with Crippen LogP contribution in [0.15, 0.2) is 24.3 Å². The molecule has 1 aromatic carbocycles. The molecule has 0 aliphatic heterocycles. The molecule has 1 saturated carbocycles. The third-order valence-electron chi connectivity index (χ3n) is 6.44. The number of aliphatic carboxylic acids is 1. The molecule has 1 aromatic rings. The first kappa shape index (κ1) is 29.2. The molecule has 0 heterocycles. The fourth-order valence-electron chi connectivity index (χ4n) is 3.95. The Morgan fingerprint density at radius 2 is 1.39 bits per heavy atom. The molecule has 0 saturated heterocycles. The first-order valence-electron chi connectivity index (χ1n) is 11.4. The van der Waals surface area contributed by atoms with Crippen molar-refractivity contribution in [3.05, 3.63) is 35.4 Å². The van der Waals surface area contributed by atoms with E-state index in [0.29, 0.717) is 19.1 Å². The monoisotopic (exact) mass is 502 g/mol. The first-order chi connectivity index (χ1) is 15.5. The van der Waals surface area contributed by atoms with Crippen molar-refractivity contribution in [3.8, 4) is 0 Å². The lowest BCUT2D eigenvalue weighted by Gasteiger charge is -2.09. The van der Waals surface area contributed by atoms with Crippen LogP contribution in [0.25, 0.3) is 0 Å². The molecule has 0 radical (unpaired) electrons. The van der Waals surface area contributed by atoms with Gasteiger partial charge in [-0.3, -0.25) is 4.79 Å². The topological polar surface area (TPSA) is 89.9 Å². The highest BCUT2D eigenvalue weighted by molar-refractivity contribution is 6.28. The molecule has 2 rings (SSSR count). The summed E-state index contributed by atoms with van der Waals surface area (Å²) in [6.45, 7) is 10.4. The van der Waals surface area contributed by atoms with Crippen molar-refractivity contribution in [1.82, 2.24) is 0 Å². The fraction of sp³-hybridized carbons (Fsp3) is 0.640. The van der Waals surface area contributed by atoms with Gasteiger partial charge in [-0.2, -0.15) is 0 Å². The van der Waals surface area contributed by atoms with E-state index in [-0.39, 0.29) is 27.8 Å². The number of benzene rings is 1. The molecule has 3 atom stereocenters. The van der Waals surface area contributed by atoms with Crippen LogP contribution in [0.5, 0.6) is 0 Å². The molecule has 0 spiro atoms. The summed E-state index contributed by atoms with van der Waals surface area (Å²) in [7, 11) is 0. The highest BCUT2D eigenvalue weighted by atomic mass is 35.5. The first-order valence-corrected chi connectivity index (χ1v) is 12.3. The highest BCUT2D eigenvalue weighted by Crippen LogP contribution is 2.70. The van der Waals surface area contributed by atoms with Crippen LogP contribution in [0.2, 0.25) is 0 Å². The molecule has 1 N–H and O–H groups in total. The number of carbonyl (C=O) groups is 3. The minimum atomic E-state index is -0.779. The van der Waals surface area contributed by atoms with Crippen LogP contribution in [0, 0.1) is 16.7 Å². The van der Waals surface area contributed by atoms with E-state index in [1.165, 1.54) is 0 Å². The van der Waals surface area contributed by atoms with E-state index >= 15 is 0 Å². The number of unbranched alkanes of at least 4 members (excludes halogenated alkanes) is 2. The second-order valence-electron chi connectivity index (χ2n) is 8.90. The molecule has 3 unspecified atom stereocenters. The molecule has 0 bridgehead atoms. The minimum absolute atomic E-state index is 0.0309. The van der Waals surface area contributed by atoms with Gasteiger partial charge in [-0.25, -0.2) is 9.59 Å². The number of carboxylic acids is 1. The van der Waals surface area contributed by atoms with Crippen molar-refractivity contribution in [3.63, 3.8) is 0 Å². The van der Waals surface area contributed by atoms with Crippen LogP contribution in [-0.4, -0.2) is 47.5 Å². The Hall–Kier alpha value is -1.79. The largest absolute Gasteiger partial charge is 0.481 e. The van der Waals surface area contributed by atoms with E-state index in [0.717, 1.165) is 25.7 Å². The lowest BCUT2D eigenvalue weighted by Crippen LogP contribution is -2.19. The smallest absolute Gasteiger partial charge is 0.339 e. The van der Waals surface area contributed by atoms with E-state index in [1.807, 2.05) is 27.7 Å². The second-order valence-corrected chi connectivity index (χ2v) is 9.77. The number of carboxylic acid groups (broad SMARTS) is 1. The maximum absolute atomic E-state index is 11.9. The van der Waals surface area contributed by atoms with Gasteiger partial charge < -0.3 is 14.6 Å². The molecule has 33 heavy (non-hydrogen) atoms. The predicted octanol–water partition coefficient (Wildman–Crippen LogP) is 6.18. The van der Waals surface area contributed by atoms with Gasteiger partial charge in [0.1, 0.15) is 0 Å². The zero-order valence-corrected chi connectivity index (χ0v) is 21.7. The second kappa shape index (κ2) is 13.2. The highest BCUT2D eigenvalue weighted by Gasteiger charge is 2.74. The number of hydrogen-bond donors (Lipinski definition) is 1. The van der Waals surface area contributed by atoms with Crippen LogP contribution < -0.4 is 0 Å². The number of halogens is 2. The van der Waals surface area contributed by atoms with Crippen LogP contribution in [0.3, 0.4) is 0 Å².